The third-order valence-electron chi connectivity index (χ3n) is 3.39. The van der Waals surface area contributed by atoms with Crippen LogP contribution in [0.1, 0.15) is 0 Å². The van der Waals surface area contributed by atoms with Crippen LogP contribution < -0.4 is 0 Å². The van der Waals surface area contributed by atoms with Crippen molar-refractivity contribution in [2.45, 2.75) is 14.4 Å². The molecule has 0 radical (unpaired) electrons. The largest absolute Gasteiger partial charge is 0.229 e. The average Bonchev–Trinajstić information content (AvgIpc) is 3.20. The molecule has 0 aliphatic carbocycles. The Kier molecular flexibility index (Phi) is 4.02. The van der Waals surface area contributed by atoms with Crippen LogP contribution in [-0.4, -0.2) is 39.9 Å². The van der Waals surface area contributed by atoms with Gasteiger partial charge in [-0.05, 0) is 52.5 Å². The monoisotopic (exact) mass is 389 g/mol. The molecule has 0 N–H and O–H groups in total. The van der Waals surface area contributed by atoms with E-state index in [1.807, 2.05) is 30.3 Å². The molecule has 0 saturated heterocycles. The number of thiazole rings is 1. The predicted molar refractivity (Wildman–Crippen MR) is 96.0 cm³/mol. The van der Waals surface area contributed by atoms with Crippen LogP contribution >= 0.6 is 23.1 Å². The fourth-order valence-electron chi connectivity index (χ4n) is 2.21. The molecule has 2 aromatic carbocycles. The fraction of sp³-hybridized carbons (Fsp3) is 0.0667. The van der Waals surface area contributed by atoms with E-state index in [0.717, 1.165) is 20.2 Å². The predicted octanol–water partition coefficient (Wildman–Crippen LogP) is 2.83. The molecule has 2 aromatic heterocycles. The zero-order valence-electron chi connectivity index (χ0n) is 12.9. The summed E-state index contributed by atoms with van der Waals surface area (Å²) in [6, 6.07) is 14.5. The van der Waals surface area contributed by atoms with Crippen molar-refractivity contribution in [2.24, 2.45) is 0 Å². The summed E-state index contributed by atoms with van der Waals surface area (Å²) in [5.41, 5.74) is 1.61. The fourth-order valence-corrected chi connectivity index (χ4v) is 4.93. The molecule has 0 spiro atoms. The second kappa shape index (κ2) is 6.21. The lowest BCUT2D eigenvalue weighted by Gasteiger charge is -2.01. The molecular weight excluding hydrogens is 378 g/mol. The van der Waals surface area contributed by atoms with Crippen LogP contribution in [0.3, 0.4) is 0 Å². The topological polar surface area (TPSA) is 90.6 Å². The number of hydrogen-bond donors (Lipinski definition) is 0. The Labute approximate surface area is 151 Å². The van der Waals surface area contributed by atoms with E-state index in [-0.39, 0.29) is 4.90 Å². The number of para-hydroxylation sites is 1. The van der Waals surface area contributed by atoms with E-state index >= 15 is 0 Å². The minimum Gasteiger partial charge on any atom is -0.229 e. The number of tetrazole rings is 1. The number of aromatic nitrogens is 5. The third kappa shape index (κ3) is 3.28. The van der Waals surface area contributed by atoms with E-state index in [2.05, 4.69) is 20.5 Å². The van der Waals surface area contributed by atoms with Crippen LogP contribution in [0.15, 0.2) is 62.9 Å². The summed E-state index contributed by atoms with van der Waals surface area (Å²) in [6.45, 7) is 0. The third-order valence-corrected chi connectivity index (χ3v) is 6.51. The Hall–Kier alpha value is -2.30. The normalized spacial score (nSPS) is 11.9. The lowest BCUT2D eigenvalue weighted by atomic mass is 10.3. The molecule has 0 aliphatic rings. The zero-order chi connectivity index (χ0) is 17.4. The first-order valence-electron chi connectivity index (χ1n) is 7.13. The van der Waals surface area contributed by atoms with Crippen molar-refractivity contribution in [3.05, 3.63) is 48.5 Å². The molecule has 0 atom stereocenters. The smallest absolute Gasteiger partial charge is 0.221 e. The number of fused-ring (bicyclic) bond motifs is 1. The van der Waals surface area contributed by atoms with Gasteiger partial charge in [-0.1, -0.05) is 18.2 Å². The molecule has 0 unspecified atom stereocenters. The van der Waals surface area contributed by atoms with Crippen LogP contribution in [0.2, 0.25) is 0 Å². The molecule has 0 saturated carbocycles. The Morgan fingerprint density at radius 3 is 2.68 bits per heavy atom. The van der Waals surface area contributed by atoms with Crippen molar-refractivity contribution < 1.29 is 8.42 Å². The quantitative estimate of drug-likeness (QED) is 0.530. The number of nitrogens with zero attached hydrogens (tertiary/aromatic N) is 5. The van der Waals surface area contributed by atoms with E-state index in [4.69, 9.17) is 0 Å². The number of rotatable bonds is 4. The maximum atomic E-state index is 11.7. The van der Waals surface area contributed by atoms with Gasteiger partial charge in [-0.15, -0.1) is 16.4 Å². The first-order chi connectivity index (χ1) is 12.0. The minimum atomic E-state index is -3.24. The number of hydrogen-bond acceptors (Lipinski definition) is 8. The van der Waals surface area contributed by atoms with Crippen LogP contribution in [0.5, 0.6) is 0 Å². The highest BCUT2D eigenvalue weighted by Gasteiger charge is 2.15. The van der Waals surface area contributed by atoms with Gasteiger partial charge in [0.1, 0.15) is 0 Å². The molecular formula is C15H11N5O2S3. The molecule has 2 heterocycles. The molecule has 0 fully saturated rings. The summed E-state index contributed by atoms with van der Waals surface area (Å²) in [4.78, 5) is 4.81. The van der Waals surface area contributed by atoms with Crippen molar-refractivity contribution in [2.75, 3.05) is 6.26 Å². The molecule has 7 nitrogen and oxygen atoms in total. The average molecular weight is 389 g/mol. The van der Waals surface area contributed by atoms with Gasteiger partial charge in [-0.2, -0.15) is 4.68 Å². The Balaban J connectivity index is 1.69. The minimum absolute atomic E-state index is 0.286. The van der Waals surface area contributed by atoms with Crippen molar-refractivity contribution in [3.63, 3.8) is 0 Å². The van der Waals surface area contributed by atoms with Crippen molar-refractivity contribution in [1.82, 2.24) is 25.2 Å². The second-order valence-corrected chi connectivity index (χ2v) is 9.45. The summed E-state index contributed by atoms with van der Waals surface area (Å²) in [6.07, 6.45) is 1.19. The Bertz CT molecular complexity index is 1150. The van der Waals surface area contributed by atoms with E-state index in [1.165, 1.54) is 29.4 Å². The highest BCUT2D eigenvalue weighted by Crippen LogP contribution is 2.34. The van der Waals surface area contributed by atoms with E-state index in [9.17, 15) is 8.42 Å². The standard InChI is InChI=1S/C15H11N5O2S3/c1-25(21,22)11-7-8-12-13(9-11)23-15(16-12)24-14-17-18-19-20(14)10-5-3-2-4-6-10/h2-9H,1H3. The van der Waals surface area contributed by atoms with Gasteiger partial charge in [-0.3, -0.25) is 0 Å². The molecule has 126 valence electrons. The van der Waals surface area contributed by atoms with Gasteiger partial charge in [0.2, 0.25) is 5.16 Å². The molecule has 0 aliphatic heterocycles. The van der Waals surface area contributed by atoms with E-state index < -0.39 is 9.84 Å². The van der Waals surface area contributed by atoms with Crippen molar-refractivity contribution >= 4 is 43.2 Å². The summed E-state index contributed by atoms with van der Waals surface area (Å²) in [5.74, 6) is 0. The Morgan fingerprint density at radius 1 is 1.12 bits per heavy atom. The summed E-state index contributed by atoms with van der Waals surface area (Å²) in [7, 11) is -3.24. The van der Waals surface area contributed by atoms with Crippen LogP contribution in [0.25, 0.3) is 15.9 Å². The Morgan fingerprint density at radius 2 is 1.92 bits per heavy atom. The highest BCUT2D eigenvalue weighted by atomic mass is 32.2. The van der Waals surface area contributed by atoms with Crippen LogP contribution in [-0.2, 0) is 9.84 Å². The van der Waals surface area contributed by atoms with Gasteiger partial charge < -0.3 is 0 Å². The maximum absolute atomic E-state index is 11.7. The molecule has 0 amide bonds. The summed E-state index contributed by atoms with van der Waals surface area (Å²) >= 11 is 2.75. The van der Waals surface area contributed by atoms with Crippen molar-refractivity contribution in [1.29, 1.82) is 0 Å². The summed E-state index contributed by atoms with van der Waals surface area (Å²) < 4.78 is 26.6. The van der Waals surface area contributed by atoms with Gasteiger partial charge in [0.05, 0.1) is 20.8 Å². The molecule has 25 heavy (non-hydrogen) atoms. The van der Waals surface area contributed by atoms with Crippen LogP contribution in [0.4, 0.5) is 0 Å². The van der Waals surface area contributed by atoms with Crippen LogP contribution in [0, 0.1) is 0 Å². The zero-order valence-corrected chi connectivity index (χ0v) is 15.3. The first kappa shape index (κ1) is 16.2. The van der Waals surface area contributed by atoms with Gasteiger partial charge in [-0.25, -0.2) is 13.4 Å². The number of sulfone groups is 1. The first-order valence-corrected chi connectivity index (χ1v) is 10.7. The summed E-state index contributed by atoms with van der Waals surface area (Å²) in [5, 5.41) is 12.4. The second-order valence-electron chi connectivity index (χ2n) is 5.19. The van der Waals surface area contributed by atoms with Gasteiger partial charge in [0.25, 0.3) is 0 Å². The van der Waals surface area contributed by atoms with Gasteiger partial charge in [0, 0.05) is 6.26 Å². The van der Waals surface area contributed by atoms with E-state index in [0.29, 0.717) is 5.16 Å². The van der Waals surface area contributed by atoms with Gasteiger partial charge in [0.15, 0.2) is 14.2 Å². The molecule has 4 rings (SSSR count). The lowest BCUT2D eigenvalue weighted by molar-refractivity contribution is 0.602. The maximum Gasteiger partial charge on any atom is 0.221 e. The molecule has 0 bridgehead atoms. The molecule has 10 heteroatoms. The van der Waals surface area contributed by atoms with Gasteiger partial charge >= 0.3 is 0 Å². The highest BCUT2D eigenvalue weighted by molar-refractivity contribution is 8.01. The molecule has 4 aromatic rings. The SMILES string of the molecule is CS(=O)(=O)c1ccc2nc(Sc3nnnn3-c3ccccc3)sc2c1. The van der Waals surface area contributed by atoms with E-state index in [1.54, 1.807) is 22.9 Å². The lowest BCUT2D eigenvalue weighted by Crippen LogP contribution is -1.98. The number of benzene rings is 2. The van der Waals surface area contributed by atoms with Crippen molar-refractivity contribution in [3.8, 4) is 5.69 Å².